The van der Waals surface area contributed by atoms with Crippen LogP contribution < -0.4 is 15.1 Å². The number of anilines is 2. The van der Waals surface area contributed by atoms with E-state index < -0.39 is 35.8 Å². The van der Waals surface area contributed by atoms with Gasteiger partial charge in [0.25, 0.3) is 5.91 Å². The van der Waals surface area contributed by atoms with Crippen LogP contribution in [0.4, 0.5) is 29.7 Å². The van der Waals surface area contributed by atoms with Gasteiger partial charge in [0, 0.05) is 63.4 Å². The number of amides is 4. The molecule has 0 bridgehead atoms. The molecule has 2 aromatic heterocycles. The topological polar surface area (TPSA) is 142 Å². The molecule has 4 amide bonds. The number of carbonyl (C=O) groups is 4. The van der Waals surface area contributed by atoms with Crippen LogP contribution in [0, 0.1) is 11.6 Å². The van der Waals surface area contributed by atoms with E-state index in [4.69, 9.17) is 9.47 Å². The monoisotopic (exact) mass is 614 g/mol. The highest BCUT2D eigenvalue weighted by Gasteiger charge is 2.34. The summed E-state index contributed by atoms with van der Waals surface area (Å²) >= 11 is 0. The number of hydrogen-bond donors (Lipinski definition) is 1. The molecule has 2 aliphatic rings. The second-order valence-electron chi connectivity index (χ2n) is 10.1. The first-order valence-corrected chi connectivity index (χ1v) is 14.2. The summed E-state index contributed by atoms with van der Waals surface area (Å²) in [7, 11) is 0. The smallest absolute Gasteiger partial charge is 0.414 e. The lowest BCUT2D eigenvalue weighted by molar-refractivity contribution is -0.132. The molecule has 5 rings (SSSR count). The van der Waals surface area contributed by atoms with Gasteiger partial charge in [-0.05, 0) is 19.9 Å². The number of alkyl carbamates (subject to hydrolysis) is 1. The number of cyclic esters (lactones) is 1. The van der Waals surface area contributed by atoms with Crippen molar-refractivity contribution in [1.82, 2.24) is 29.5 Å². The number of benzene rings is 1. The molecule has 234 valence electrons. The third kappa shape index (κ3) is 6.48. The van der Waals surface area contributed by atoms with Crippen molar-refractivity contribution in [1.29, 1.82) is 0 Å². The first kappa shape index (κ1) is 30.4. The van der Waals surface area contributed by atoms with Gasteiger partial charge in [0.1, 0.15) is 24.0 Å². The molecule has 0 spiro atoms. The fourth-order valence-corrected chi connectivity index (χ4v) is 5.09. The third-order valence-electron chi connectivity index (χ3n) is 7.34. The van der Waals surface area contributed by atoms with E-state index in [1.54, 1.807) is 47.8 Å². The van der Waals surface area contributed by atoms with Crippen LogP contribution in [0.25, 0.3) is 5.78 Å². The van der Waals surface area contributed by atoms with E-state index in [2.05, 4.69) is 15.3 Å². The normalized spacial score (nSPS) is 16.7. The summed E-state index contributed by atoms with van der Waals surface area (Å²) in [6.07, 6.45) is 2.66. The molecule has 16 heteroatoms. The average molecular weight is 615 g/mol. The molecule has 2 aliphatic heterocycles. The van der Waals surface area contributed by atoms with Crippen molar-refractivity contribution in [3.05, 3.63) is 54.1 Å². The summed E-state index contributed by atoms with van der Waals surface area (Å²) in [4.78, 5) is 63.8. The zero-order valence-corrected chi connectivity index (χ0v) is 24.2. The lowest BCUT2D eigenvalue weighted by atomic mass is 10.2. The van der Waals surface area contributed by atoms with Crippen LogP contribution in [0.5, 0.6) is 0 Å². The maximum atomic E-state index is 15.2. The van der Waals surface area contributed by atoms with Crippen molar-refractivity contribution in [3.8, 4) is 0 Å². The summed E-state index contributed by atoms with van der Waals surface area (Å²) in [5.41, 5.74) is -0.115. The number of halogens is 2. The molecule has 0 radical (unpaired) electrons. The summed E-state index contributed by atoms with van der Waals surface area (Å²) < 4.78 is 42.1. The number of nitrogens with one attached hydrogen (secondary N) is 1. The Labute approximate surface area is 251 Å². The van der Waals surface area contributed by atoms with Gasteiger partial charge in [-0.2, -0.15) is 0 Å². The molecule has 2 fully saturated rings. The number of nitrogens with zero attached hydrogens (tertiary/aromatic N) is 7. The van der Waals surface area contributed by atoms with Gasteiger partial charge in [-0.1, -0.05) is 0 Å². The van der Waals surface area contributed by atoms with Crippen LogP contribution in [0.2, 0.25) is 0 Å². The minimum Gasteiger partial charge on any atom is -0.450 e. The van der Waals surface area contributed by atoms with Crippen LogP contribution in [-0.2, 0) is 14.3 Å². The van der Waals surface area contributed by atoms with E-state index in [0.29, 0.717) is 5.78 Å². The number of fused-ring (bicyclic) bond motifs is 1. The van der Waals surface area contributed by atoms with Gasteiger partial charge < -0.3 is 29.5 Å². The molecular weight excluding hydrogens is 582 g/mol. The second kappa shape index (κ2) is 13.1. The standard InChI is InChI=1S/C28H32F2N8O6/c1-3-34(25(40)22-16-37-7-5-6-31-26(37)33-22)17-23(39)35-8-10-36(11-9-35)24-20(29)12-18(13-21(24)30)38-15-19(44-28(38)42)14-32-27(41)43-4-2/h5-7,12-13,16,19H,3-4,8-11,14-15,17H2,1-2H3,(H,32,41). The van der Waals surface area contributed by atoms with Gasteiger partial charge >= 0.3 is 12.2 Å². The fraction of sp³-hybridized carbons (Fsp3) is 0.429. The Morgan fingerprint density at radius 1 is 1.14 bits per heavy atom. The van der Waals surface area contributed by atoms with Crippen LogP contribution in [0.15, 0.2) is 36.8 Å². The van der Waals surface area contributed by atoms with Crippen molar-refractivity contribution in [2.24, 2.45) is 0 Å². The molecule has 2 saturated heterocycles. The molecule has 1 unspecified atom stereocenters. The maximum Gasteiger partial charge on any atom is 0.414 e. The highest BCUT2D eigenvalue weighted by atomic mass is 19.1. The maximum absolute atomic E-state index is 15.2. The first-order chi connectivity index (χ1) is 21.2. The van der Waals surface area contributed by atoms with Crippen molar-refractivity contribution < 1.29 is 37.4 Å². The van der Waals surface area contributed by atoms with Gasteiger partial charge in [-0.3, -0.25) is 18.9 Å². The molecule has 1 N–H and O–H groups in total. The van der Waals surface area contributed by atoms with Gasteiger partial charge in [-0.15, -0.1) is 0 Å². The Bertz CT molecular complexity index is 1500. The second-order valence-corrected chi connectivity index (χ2v) is 10.1. The van der Waals surface area contributed by atoms with Crippen LogP contribution >= 0.6 is 0 Å². The number of carbonyl (C=O) groups excluding carboxylic acids is 4. The Hall–Kier alpha value is -5.02. The van der Waals surface area contributed by atoms with Gasteiger partial charge in [0.15, 0.2) is 11.6 Å². The first-order valence-electron chi connectivity index (χ1n) is 14.2. The fourth-order valence-electron chi connectivity index (χ4n) is 5.09. The van der Waals surface area contributed by atoms with Crippen molar-refractivity contribution >= 4 is 41.2 Å². The van der Waals surface area contributed by atoms with Crippen LogP contribution in [0.1, 0.15) is 24.3 Å². The molecule has 3 aromatic rings. The largest absolute Gasteiger partial charge is 0.450 e. The molecule has 44 heavy (non-hydrogen) atoms. The number of piperazine rings is 1. The number of ether oxygens (including phenoxy) is 2. The molecule has 1 aromatic carbocycles. The van der Waals surface area contributed by atoms with E-state index in [1.807, 2.05) is 0 Å². The van der Waals surface area contributed by atoms with Gasteiger partial charge in [0.05, 0.1) is 25.4 Å². The quantitative estimate of drug-likeness (QED) is 0.383. The number of rotatable bonds is 9. The highest BCUT2D eigenvalue weighted by Crippen LogP contribution is 2.31. The number of hydrogen-bond acceptors (Lipinski definition) is 9. The van der Waals surface area contributed by atoms with Crippen molar-refractivity contribution in [2.45, 2.75) is 20.0 Å². The lowest BCUT2D eigenvalue weighted by Gasteiger charge is -2.37. The van der Waals surface area contributed by atoms with Crippen molar-refractivity contribution in [2.75, 3.05) is 68.8 Å². The molecule has 0 saturated carbocycles. The third-order valence-corrected chi connectivity index (χ3v) is 7.34. The average Bonchev–Trinajstić information content (AvgIpc) is 3.62. The minimum absolute atomic E-state index is 0.0183. The van der Waals surface area contributed by atoms with E-state index in [1.165, 1.54) is 9.80 Å². The summed E-state index contributed by atoms with van der Waals surface area (Å²) in [5, 5.41) is 2.46. The van der Waals surface area contributed by atoms with E-state index in [9.17, 15) is 19.2 Å². The van der Waals surface area contributed by atoms with Gasteiger partial charge in [0.2, 0.25) is 11.7 Å². The molecule has 0 aliphatic carbocycles. The molecule has 4 heterocycles. The molecular formula is C28H32F2N8O6. The van der Waals surface area contributed by atoms with E-state index >= 15 is 8.78 Å². The van der Waals surface area contributed by atoms with Crippen LogP contribution in [0.3, 0.4) is 0 Å². The van der Waals surface area contributed by atoms with Crippen molar-refractivity contribution in [3.63, 3.8) is 0 Å². The highest BCUT2D eigenvalue weighted by molar-refractivity contribution is 5.95. The molecule has 1 atom stereocenters. The van der Waals surface area contributed by atoms with E-state index in [-0.39, 0.29) is 81.9 Å². The molecule has 14 nitrogen and oxygen atoms in total. The summed E-state index contributed by atoms with van der Waals surface area (Å²) in [5.74, 6) is -2.07. The minimum atomic E-state index is -0.870. The Balaban J connectivity index is 1.17. The predicted octanol–water partition coefficient (Wildman–Crippen LogP) is 1.89. The number of likely N-dealkylation sites (N-methyl/N-ethyl adjacent to an activating group) is 1. The van der Waals surface area contributed by atoms with Gasteiger partial charge in [-0.25, -0.2) is 28.3 Å². The SMILES string of the molecule is CCOC(=O)NCC1CN(c2cc(F)c(N3CCN(C(=O)CN(CC)C(=O)c4cn5cccnc5n4)CC3)c(F)c2)C(=O)O1. The van der Waals surface area contributed by atoms with Crippen LogP contribution in [-0.4, -0.2) is 113 Å². The number of imidazole rings is 1. The zero-order valence-electron chi connectivity index (χ0n) is 24.2. The zero-order chi connectivity index (χ0) is 31.4. The Morgan fingerprint density at radius 3 is 2.52 bits per heavy atom. The summed E-state index contributed by atoms with van der Waals surface area (Å²) in [6.45, 7) is 4.36. The predicted molar refractivity (Wildman–Crippen MR) is 152 cm³/mol. The summed E-state index contributed by atoms with van der Waals surface area (Å²) in [6, 6.07) is 3.82. The lowest BCUT2D eigenvalue weighted by Crippen LogP contribution is -2.52. The Kier molecular flexibility index (Phi) is 9.06. The Morgan fingerprint density at radius 2 is 1.86 bits per heavy atom. The van der Waals surface area contributed by atoms with E-state index in [0.717, 1.165) is 17.0 Å². The number of aromatic nitrogens is 3.